The van der Waals surface area contributed by atoms with Crippen LogP contribution in [0.1, 0.15) is 37.6 Å². The molecule has 2 aromatic rings. The Morgan fingerprint density at radius 1 is 1.21 bits per heavy atom. The highest BCUT2D eigenvalue weighted by atomic mass is 35.5. The maximum absolute atomic E-state index is 12.7. The summed E-state index contributed by atoms with van der Waals surface area (Å²) in [5, 5.41) is 16.5. The molecule has 0 bridgehead atoms. The second-order valence-electron chi connectivity index (χ2n) is 6.59. The van der Waals surface area contributed by atoms with Gasteiger partial charge in [-0.05, 0) is 37.0 Å². The van der Waals surface area contributed by atoms with Crippen molar-refractivity contribution in [3.8, 4) is 0 Å². The molecule has 0 saturated heterocycles. The Morgan fingerprint density at radius 3 is 2.59 bits per heavy atom. The topological polar surface area (TPSA) is 122 Å². The molecule has 1 aliphatic rings. The number of benzene rings is 1. The van der Waals surface area contributed by atoms with E-state index in [2.05, 4.69) is 10.6 Å². The number of imide groups is 1. The molecule has 0 aliphatic heterocycles. The average Bonchev–Trinajstić information content (AvgIpc) is 3.21. The summed E-state index contributed by atoms with van der Waals surface area (Å²) in [4.78, 5) is 50.1. The first-order valence-corrected chi connectivity index (χ1v) is 9.81. The number of nitro groups is 1. The van der Waals surface area contributed by atoms with Crippen molar-refractivity contribution in [1.82, 2.24) is 10.2 Å². The number of nitrogens with zero attached hydrogens (tertiary/aromatic N) is 2. The summed E-state index contributed by atoms with van der Waals surface area (Å²) in [6.45, 7) is 0. The summed E-state index contributed by atoms with van der Waals surface area (Å²) in [6.07, 6.45) is 2.28. The van der Waals surface area contributed by atoms with Gasteiger partial charge in [0, 0.05) is 30.1 Å². The number of fused-ring (bicyclic) bond motifs is 1. The fourth-order valence-corrected chi connectivity index (χ4v) is 4.48. The van der Waals surface area contributed by atoms with Crippen LogP contribution >= 0.6 is 22.9 Å². The molecular weight excluding hydrogens is 420 g/mol. The van der Waals surface area contributed by atoms with Crippen molar-refractivity contribution in [3.05, 3.63) is 54.9 Å². The summed E-state index contributed by atoms with van der Waals surface area (Å²) in [5.41, 5.74) is 0.391. The third kappa shape index (κ3) is 4.22. The number of hydrogen-bond donors (Lipinski definition) is 2. The van der Waals surface area contributed by atoms with E-state index < -0.39 is 28.5 Å². The van der Waals surface area contributed by atoms with Gasteiger partial charge in [0.05, 0.1) is 10.5 Å². The number of aryl methyl sites for hydroxylation is 1. The van der Waals surface area contributed by atoms with Crippen molar-refractivity contribution in [2.24, 2.45) is 0 Å². The SMILES string of the molecule is CN(C)C(=O)NC(=O)c1c(NC(=O)c2cc(Cl)ccc2[N+](=O)[O-])sc2c1CCC2. The number of hydrogen-bond acceptors (Lipinski definition) is 6. The Morgan fingerprint density at radius 2 is 1.93 bits per heavy atom. The van der Waals surface area contributed by atoms with Gasteiger partial charge in [-0.3, -0.25) is 25.0 Å². The molecule has 29 heavy (non-hydrogen) atoms. The standard InChI is InChI=1S/C18H17ClN4O5S/c1-22(2)18(26)21-16(25)14-10-4-3-5-13(10)29-17(14)20-15(24)11-8-9(19)6-7-12(11)23(27)28/h6-8H,3-5H2,1-2H3,(H,20,24)(H,21,25,26). The smallest absolute Gasteiger partial charge is 0.323 e. The van der Waals surface area contributed by atoms with Gasteiger partial charge in [0.1, 0.15) is 10.6 Å². The van der Waals surface area contributed by atoms with Crippen LogP contribution in [0.15, 0.2) is 18.2 Å². The largest absolute Gasteiger partial charge is 0.331 e. The van der Waals surface area contributed by atoms with E-state index in [0.29, 0.717) is 6.42 Å². The summed E-state index contributed by atoms with van der Waals surface area (Å²) < 4.78 is 0. The van der Waals surface area contributed by atoms with E-state index in [0.717, 1.165) is 29.3 Å². The first-order chi connectivity index (χ1) is 13.7. The minimum atomic E-state index is -0.757. The van der Waals surface area contributed by atoms with Crippen LogP contribution in [0.2, 0.25) is 5.02 Å². The van der Waals surface area contributed by atoms with Gasteiger partial charge in [0.2, 0.25) is 0 Å². The lowest BCUT2D eigenvalue weighted by molar-refractivity contribution is -0.385. The van der Waals surface area contributed by atoms with Gasteiger partial charge in [-0.15, -0.1) is 11.3 Å². The van der Waals surface area contributed by atoms with Crippen molar-refractivity contribution < 1.29 is 19.3 Å². The zero-order valence-corrected chi connectivity index (χ0v) is 17.1. The van der Waals surface area contributed by atoms with Crippen LogP contribution < -0.4 is 10.6 Å². The average molecular weight is 437 g/mol. The van der Waals surface area contributed by atoms with Crippen molar-refractivity contribution in [2.45, 2.75) is 19.3 Å². The maximum Gasteiger partial charge on any atom is 0.323 e. The lowest BCUT2D eigenvalue weighted by Gasteiger charge is -2.12. The van der Waals surface area contributed by atoms with E-state index in [1.165, 1.54) is 42.5 Å². The number of halogens is 1. The molecule has 152 valence electrons. The minimum absolute atomic E-state index is 0.170. The zero-order valence-electron chi connectivity index (χ0n) is 15.6. The lowest BCUT2D eigenvalue weighted by atomic mass is 10.1. The van der Waals surface area contributed by atoms with E-state index in [4.69, 9.17) is 11.6 Å². The molecule has 3 rings (SSSR count). The van der Waals surface area contributed by atoms with E-state index in [1.54, 1.807) is 0 Å². The number of amides is 4. The number of urea groups is 1. The van der Waals surface area contributed by atoms with Crippen molar-refractivity contribution in [3.63, 3.8) is 0 Å². The van der Waals surface area contributed by atoms with Gasteiger partial charge in [-0.2, -0.15) is 0 Å². The predicted molar refractivity (Wildman–Crippen MR) is 109 cm³/mol. The summed E-state index contributed by atoms with van der Waals surface area (Å²) >= 11 is 7.13. The fourth-order valence-electron chi connectivity index (χ4n) is 3.02. The lowest BCUT2D eigenvalue weighted by Crippen LogP contribution is -2.39. The number of carbonyl (C=O) groups is 3. The molecule has 0 saturated carbocycles. The monoisotopic (exact) mass is 436 g/mol. The van der Waals surface area contributed by atoms with Crippen LogP contribution in [-0.2, 0) is 12.8 Å². The first-order valence-electron chi connectivity index (χ1n) is 8.61. The fraction of sp³-hybridized carbons (Fsp3) is 0.278. The summed E-state index contributed by atoms with van der Waals surface area (Å²) in [6, 6.07) is 3.08. The highest BCUT2D eigenvalue weighted by Crippen LogP contribution is 2.39. The van der Waals surface area contributed by atoms with Crippen LogP contribution in [0.5, 0.6) is 0 Å². The Hall–Kier alpha value is -2.98. The molecule has 1 aliphatic carbocycles. The number of carbonyl (C=O) groups excluding carboxylic acids is 3. The van der Waals surface area contributed by atoms with Crippen LogP contribution in [0.25, 0.3) is 0 Å². The van der Waals surface area contributed by atoms with Gasteiger partial charge in [-0.1, -0.05) is 11.6 Å². The molecular formula is C18H17ClN4O5S. The summed E-state index contributed by atoms with van der Waals surface area (Å²) in [5.74, 6) is -1.38. The van der Waals surface area contributed by atoms with E-state index in [1.807, 2.05) is 0 Å². The highest BCUT2D eigenvalue weighted by molar-refractivity contribution is 7.17. The van der Waals surface area contributed by atoms with Crippen molar-refractivity contribution in [2.75, 3.05) is 19.4 Å². The van der Waals surface area contributed by atoms with E-state index in [9.17, 15) is 24.5 Å². The Bertz CT molecular complexity index is 1030. The quantitative estimate of drug-likeness (QED) is 0.561. The Balaban J connectivity index is 1.96. The highest BCUT2D eigenvalue weighted by Gasteiger charge is 2.30. The molecule has 1 aromatic carbocycles. The number of anilines is 1. The molecule has 2 N–H and O–H groups in total. The van der Waals surface area contributed by atoms with Crippen LogP contribution in [0.3, 0.4) is 0 Å². The van der Waals surface area contributed by atoms with Gasteiger partial charge in [0.15, 0.2) is 0 Å². The number of nitrogens with one attached hydrogen (secondary N) is 2. The van der Waals surface area contributed by atoms with Crippen LogP contribution in [0, 0.1) is 10.1 Å². The van der Waals surface area contributed by atoms with Gasteiger partial charge in [-0.25, -0.2) is 4.79 Å². The molecule has 0 fully saturated rings. The maximum atomic E-state index is 12.7. The normalized spacial score (nSPS) is 12.2. The molecule has 4 amide bonds. The third-order valence-electron chi connectivity index (χ3n) is 4.40. The van der Waals surface area contributed by atoms with E-state index in [-0.39, 0.29) is 21.2 Å². The molecule has 0 atom stereocenters. The van der Waals surface area contributed by atoms with Crippen LogP contribution in [0.4, 0.5) is 15.5 Å². The predicted octanol–water partition coefficient (Wildman–Crippen LogP) is 3.46. The number of nitro benzene ring substituents is 1. The van der Waals surface area contributed by atoms with Crippen molar-refractivity contribution in [1.29, 1.82) is 0 Å². The third-order valence-corrected chi connectivity index (χ3v) is 5.84. The molecule has 0 unspecified atom stereocenters. The van der Waals surface area contributed by atoms with E-state index >= 15 is 0 Å². The second-order valence-corrected chi connectivity index (χ2v) is 8.13. The van der Waals surface area contributed by atoms with Crippen LogP contribution in [-0.4, -0.2) is 41.8 Å². The van der Waals surface area contributed by atoms with Gasteiger partial charge in [0.25, 0.3) is 17.5 Å². The zero-order chi connectivity index (χ0) is 21.3. The Kier molecular flexibility index (Phi) is 5.85. The molecule has 0 spiro atoms. The molecule has 9 nitrogen and oxygen atoms in total. The Labute approximate surface area is 174 Å². The number of rotatable bonds is 4. The number of thiophene rings is 1. The van der Waals surface area contributed by atoms with Crippen molar-refractivity contribution >= 4 is 51.5 Å². The molecule has 1 aromatic heterocycles. The first kappa shape index (κ1) is 20.7. The summed E-state index contributed by atoms with van der Waals surface area (Å²) in [7, 11) is 3.00. The minimum Gasteiger partial charge on any atom is -0.331 e. The molecule has 11 heteroatoms. The van der Waals surface area contributed by atoms with Gasteiger partial charge >= 0.3 is 6.03 Å². The second kappa shape index (κ2) is 8.18. The van der Waals surface area contributed by atoms with Gasteiger partial charge < -0.3 is 10.2 Å². The molecule has 0 radical (unpaired) electrons. The molecule has 1 heterocycles.